The SMILES string of the molecule is C[Si](C)(C)C#Cc1nc(-c2ccccc2)c(-c2ccccc2)n1Cc1ccccc1. The molecule has 0 atom stereocenters. The fourth-order valence-electron chi connectivity index (χ4n) is 3.40. The number of nitrogens with zero attached hydrogens (tertiary/aromatic N) is 2. The van der Waals surface area contributed by atoms with Crippen molar-refractivity contribution in [3.05, 3.63) is 102 Å². The van der Waals surface area contributed by atoms with Crippen LogP contribution in [-0.4, -0.2) is 17.6 Å². The maximum Gasteiger partial charge on any atom is 0.186 e. The van der Waals surface area contributed by atoms with Crippen LogP contribution in [0.2, 0.25) is 19.6 Å². The topological polar surface area (TPSA) is 17.8 Å². The van der Waals surface area contributed by atoms with Gasteiger partial charge < -0.3 is 4.57 Å². The molecule has 0 bridgehead atoms. The highest BCUT2D eigenvalue weighted by Gasteiger charge is 2.20. The van der Waals surface area contributed by atoms with E-state index in [1.807, 2.05) is 6.07 Å². The van der Waals surface area contributed by atoms with Crippen LogP contribution in [0.3, 0.4) is 0 Å². The molecule has 1 heterocycles. The molecule has 0 spiro atoms. The van der Waals surface area contributed by atoms with Gasteiger partial charge in [0.05, 0.1) is 17.9 Å². The van der Waals surface area contributed by atoms with E-state index in [-0.39, 0.29) is 0 Å². The van der Waals surface area contributed by atoms with Crippen molar-refractivity contribution in [1.29, 1.82) is 0 Å². The van der Waals surface area contributed by atoms with Gasteiger partial charge in [-0.1, -0.05) is 111 Å². The number of benzene rings is 3. The Morgan fingerprint density at radius 2 is 1.27 bits per heavy atom. The Bertz CT molecular complexity index is 1180. The fraction of sp³-hybridized carbons (Fsp3) is 0.148. The predicted molar refractivity (Wildman–Crippen MR) is 129 cm³/mol. The van der Waals surface area contributed by atoms with Crippen LogP contribution in [-0.2, 0) is 6.54 Å². The zero-order valence-electron chi connectivity index (χ0n) is 17.8. The molecule has 0 unspecified atom stereocenters. The maximum atomic E-state index is 5.07. The highest BCUT2D eigenvalue weighted by Crippen LogP contribution is 2.33. The molecule has 30 heavy (non-hydrogen) atoms. The summed E-state index contributed by atoms with van der Waals surface area (Å²) in [6, 6.07) is 31.5. The van der Waals surface area contributed by atoms with Crippen molar-refractivity contribution in [3.8, 4) is 34.0 Å². The first-order valence-electron chi connectivity index (χ1n) is 10.3. The van der Waals surface area contributed by atoms with Gasteiger partial charge in [-0.15, -0.1) is 5.54 Å². The highest BCUT2D eigenvalue weighted by molar-refractivity contribution is 6.83. The van der Waals surface area contributed by atoms with E-state index in [0.29, 0.717) is 0 Å². The summed E-state index contributed by atoms with van der Waals surface area (Å²) in [5, 5.41) is 0. The van der Waals surface area contributed by atoms with Crippen LogP contribution >= 0.6 is 0 Å². The van der Waals surface area contributed by atoms with Gasteiger partial charge in [-0.3, -0.25) is 0 Å². The number of hydrogen-bond donors (Lipinski definition) is 0. The molecular weight excluding hydrogens is 380 g/mol. The normalized spacial score (nSPS) is 11.0. The molecule has 3 aromatic carbocycles. The minimum Gasteiger partial charge on any atom is -0.312 e. The summed E-state index contributed by atoms with van der Waals surface area (Å²) in [5.41, 5.74) is 9.12. The van der Waals surface area contributed by atoms with E-state index in [9.17, 15) is 0 Å². The average molecular weight is 407 g/mol. The lowest BCUT2D eigenvalue weighted by atomic mass is 10.0. The molecular formula is C27H26N2Si. The van der Waals surface area contributed by atoms with Crippen LogP contribution < -0.4 is 0 Å². The molecule has 4 aromatic rings. The second-order valence-electron chi connectivity index (χ2n) is 8.44. The van der Waals surface area contributed by atoms with Crippen molar-refractivity contribution in [1.82, 2.24) is 9.55 Å². The fourth-order valence-corrected chi connectivity index (χ4v) is 3.88. The zero-order valence-corrected chi connectivity index (χ0v) is 18.8. The second kappa shape index (κ2) is 8.57. The zero-order chi connectivity index (χ0) is 21.0. The van der Waals surface area contributed by atoms with Crippen LogP contribution in [0.15, 0.2) is 91.0 Å². The van der Waals surface area contributed by atoms with E-state index in [4.69, 9.17) is 4.98 Å². The van der Waals surface area contributed by atoms with E-state index >= 15 is 0 Å². The quantitative estimate of drug-likeness (QED) is 0.280. The molecule has 2 nitrogen and oxygen atoms in total. The van der Waals surface area contributed by atoms with Crippen molar-refractivity contribution in [2.75, 3.05) is 0 Å². The average Bonchev–Trinajstić information content (AvgIpc) is 3.12. The lowest BCUT2D eigenvalue weighted by Gasteiger charge is -2.12. The van der Waals surface area contributed by atoms with Gasteiger partial charge in [-0.05, 0) is 11.5 Å². The number of hydrogen-bond acceptors (Lipinski definition) is 1. The van der Waals surface area contributed by atoms with Crippen LogP contribution in [0.5, 0.6) is 0 Å². The van der Waals surface area contributed by atoms with Gasteiger partial charge >= 0.3 is 0 Å². The van der Waals surface area contributed by atoms with E-state index in [1.54, 1.807) is 0 Å². The summed E-state index contributed by atoms with van der Waals surface area (Å²) in [5.74, 6) is 4.27. The summed E-state index contributed by atoms with van der Waals surface area (Å²) in [7, 11) is -1.54. The smallest absolute Gasteiger partial charge is 0.186 e. The monoisotopic (exact) mass is 406 g/mol. The molecule has 0 aliphatic carbocycles. The van der Waals surface area contributed by atoms with Gasteiger partial charge in [0.2, 0.25) is 0 Å². The standard InChI is InChI=1S/C27H26N2Si/c1-30(2,3)20-19-25-28-26(23-15-9-5-10-16-23)27(24-17-11-6-12-18-24)29(25)21-22-13-7-4-8-14-22/h4-18H,21H2,1-3H3. The first kappa shape index (κ1) is 19.9. The van der Waals surface area contributed by atoms with Crippen LogP contribution in [0, 0.1) is 11.5 Å². The van der Waals surface area contributed by atoms with Gasteiger partial charge in [0.15, 0.2) is 5.82 Å². The van der Waals surface area contributed by atoms with Crippen LogP contribution in [0.25, 0.3) is 22.5 Å². The molecule has 0 saturated carbocycles. The molecule has 0 aliphatic heterocycles. The Morgan fingerprint density at radius 1 is 0.733 bits per heavy atom. The highest BCUT2D eigenvalue weighted by atomic mass is 28.3. The third kappa shape index (κ3) is 4.62. The number of aromatic nitrogens is 2. The molecule has 0 radical (unpaired) electrons. The third-order valence-electron chi connectivity index (χ3n) is 4.79. The van der Waals surface area contributed by atoms with Crippen LogP contribution in [0.1, 0.15) is 11.4 Å². The summed E-state index contributed by atoms with van der Waals surface area (Å²) >= 11 is 0. The molecule has 1 aromatic heterocycles. The summed E-state index contributed by atoms with van der Waals surface area (Å²) in [6.07, 6.45) is 0. The summed E-state index contributed by atoms with van der Waals surface area (Å²) in [6.45, 7) is 7.53. The molecule has 148 valence electrons. The Balaban J connectivity index is 1.98. The molecule has 0 saturated heterocycles. The molecule has 0 amide bonds. The van der Waals surface area contributed by atoms with Gasteiger partial charge in [0.1, 0.15) is 8.07 Å². The van der Waals surface area contributed by atoms with Crippen molar-refractivity contribution in [2.24, 2.45) is 0 Å². The van der Waals surface area contributed by atoms with Crippen molar-refractivity contribution in [3.63, 3.8) is 0 Å². The Kier molecular flexibility index (Phi) is 5.69. The van der Waals surface area contributed by atoms with E-state index < -0.39 is 8.07 Å². The van der Waals surface area contributed by atoms with Crippen molar-refractivity contribution in [2.45, 2.75) is 26.2 Å². The molecule has 0 aliphatic rings. The van der Waals surface area contributed by atoms with Crippen molar-refractivity contribution >= 4 is 8.07 Å². The van der Waals surface area contributed by atoms with E-state index in [2.05, 4.69) is 121 Å². The minimum atomic E-state index is -1.54. The van der Waals surface area contributed by atoms with Crippen LogP contribution in [0.4, 0.5) is 0 Å². The predicted octanol–water partition coefficient (Wildman–Crippen LogP) is 6.49. The molecule has 0 N–H and O–H groups in total. The molecule has 0 fully saturated rings. The largest absolute Gasteiger partial charge is 0.312 e. The lowest BCUT2D eigenvalue weighted by Crippen LogP contribution is -2.16. The van der Waals surface area contributed by atoms with Gasteiger partial charge in [0.25, 0.3) is 0 Å². The summed E-state index contributed by atoms with van der Waals surface area (Å²) < 4.78 is 2.28. The van der Waals surface area contributed by atoms with Crippen molar-refractivity contribution < 1.29 is 0 Å². The first-order chi connectivity index (χ1) is 14.5. The van der Waals surface area contributed by atoms with E-state index in [0.717, 1.165) is 34.9 Å². The summed E-state index contributed by atoms with van der Waals surface area (Å²) in [4.78, 5) is 5.07. The van der Waals surface area contributed by atoms with E-state index in [1.165, 1.54) is 5.56 Å². The Hall–Kier alpha value is -3.35. The van der Waals surface area contributed by atoms with Gasteiger partial charge in [-0.2, -0.15) is 0 Å². The second-order valence-corrected chi connectivity index (χ2v) is 13.2. The Morgan fingerprint density at radius 3 is 1.83 bits per heavy atom. The molecule has 3 heteroatoms. The first-order valence-corrected chi connectivity index (χ1v) is 13.8. The molecule has 4 rings (SSSR count). The lowest BCUT2D eigenvalue weighted by molar-refractivity contribution is 0.792. The third-order valence-corrected chi connectivity index (χ3v) is 5.67. The van der Waals surface area contributed by atoms with Gasteiger partial charge in [0, 0.05) is 11.1 Å². The number of rotatable bonds is 4. The minimum absolute atomic E-state index is 0.737. The maximum absolute atomic E-state index is 5.07. The Labute approximate surface area is 180 Å². The number of imidazole rings is 1. The van der Waals surface area contributed by atoms with Gasteiger partial charge in [-0.25, -0.2) is 4.98 Å².